The van der Waals surface area contributed by atoms with Gasteiger partial charge in [0.05, 0.1) is 12.1 Å². The number of methoxy groups -OCH3 is 1. The molecule has 1 aromatic rings. The number of pyridine rings is 1. The SMILES string of the molecule is COC1CN(C2CCN(C(=O)C3CCC3)CC2)C1c1cccnc1. The fraction of sp³-hybridized carbons (Fsp3) is 0.684. The third-order valence-corrected chi connectivity index (χ3v) is 6.13. The van der Waals surface area contributed by atoms with E-state index < -0.39 is 0 Å². The zero-order valence-electron chi connectivity index (χ0n) is 14.4. The Hall–Kier alpha value is -1.46. The van der Waals surface area contributed by atoms with Crippen molar-refractivity contribution in [2.24, 2.45) is 5.92 Å². The average molecular weight is 329 g/mol. The number of ether oxygens (including phenoxy) is 1. The van der Waals surface area contributed by atoms with Crippen molar-refractivity contribution in [3.63, 3.8) is 0 Å². The van der Waals surface area contributed by atoms with Crippen molar-refractivity contribution >= 4 is 5.91 Å². The van der Waals surface area contributed by atoms with Crippen molar-refractivity contribution < 1.29 is 9.53 Å². The van der Waals surface area contributed by atoms with Gasteiger partial charge in [-0.2, -0.15) is 0 Å². The largest absolute Gasteiger partial charge is 0.378 e. The summed E-state index contributed by atoms with van der Waals surface area (Å²) in [7, 11) is 1.80. The van der Waals surface area contributed by atoms with Crippen LogP contribution in [0.1, 0.15) is 43.7 Å². The molecule has 1 aliphatic carbocycles. The molecule has 24 heavy (non-hydrogen) atoms. The summed E-state index contributed by atoms with van der Waals surface area (Å²) in [5.74, 6) is 0.730. The standard InChI is InChI=1S/C19H27N3O2/c1-24-17-13-22(18(17)15-6-3-9-20-12-15)16-7-10-21(11-8-16)19(23)14-4-2-5-14/h3,6,9,12,14,16-18H,2,4-5,7-8,10-11,13H2,1H3. The Kier molecular flexibility index (Phi) is 4.55. The normalized spacial score (nSPS) is 29.1. The van der Waals surface area contributed by atoms with E-state index in [-0.39, 0.29) is 6.10 Å². The summed E-state index contributed by atoms with van der Waals surface area (Å²) in [4.78, 5) is 21.3. The van der Waals surface area contributed by atoms with Gasteiger partial charge in [-0.05, 0) is 37.3 Å². The van der Waals surface area contributed by atoms with E-state index in [1.165, 1.54) is 12.0 Å². The number of likely N-dealkylation sites (tertiary alicyclic amines) is 2. The molecule has 3 aliphatic rings. The highest BCUT2D eigenvalue weighted by atomic mass is 16.5. The minimum absolute atomic E-state index is 0.254. The van der Waals surface area contributed by atoms with Gasteiger partial charge in [-0.1, -0.05) is 12.5 Å². The van der Waals surface area contributed by atoms with Crippen molar-refractivity contribution in [3.8, 4) is 0 Å². The third kappa shape index (κ3) is 2.84. The number of hydrogen-bond acceptors (Lipinski definition) is 4. The molecule has 4 rings (SSSR count). The van der Waals surface area contributed by atoms with E-state index in [1.54, 1.807) is 7.11 Å². The molecule has 2 aliphatic heterocycles. The topological polar surface area (TPSA) is 45.7 Å². The molecule has 0 radical (unpaired) electrons. The summed E-state index contributed by atoms with van der Waals surface area (Å²) in [6.07, 6.45) is 9.61. The first-order valence-electron chi connectivity index (χ1n) is 9.25. The zero-order valence-corrected chi connectivity index (χ0v) is 14.4. The Morgan fingerprint density at radius 2 is 2.04 bits per heavy atom. The van der Waals surface area contributed by atoms with Crippen LogP contribution in [0.3, 0.4) is 0 Å². The molecule has 130 valence electrons. The van der Waals surface area contributed by atoms with E-state index in [2.05, 4.69) is 20.9 Å². The Morgan fingerprint density at radius 3 is 2.62 bits per heavy atom. The lowest BCUT2D eigenvalue weighted by Crippen LogP contribution is -2.60. The second-order valence-electron chi connectivity index (χ2n) is 7.39. The number of nitrogens with zero attached hydrogens (tertiary/aromatic N) is 3. The van der Waals surface area contributed by atoms with Crippen LogP contribution in [0.2, 0.25) is 0 Å². The van der Waals surface area contributed by atoms with Gasteiger partial charge in [0, 0.05) is 51.1 Å². The molecule has 5 nitrogen and oxygen atoms in total. The van der Waals surface area contributed by atoms with Crippen LogP contribution in [-0.4, -0.2) is 59.6 Å². The summed E-state index contributed by atoms with van der Waals surface area (Å²) in [6.45, 7) is 2.80. The van der Waals surface area contributed by atoms with Crippen LogP contribution < -0.4 is 0 Å². The number of carbonyl (C=O) groups excluding carboxylic acids is 1. The van der Waals surface area contributed by atoms with Gasteiger partial charge in [-0.25, -0.2) is 0 Å². The minimum atomic E-state index is 0.254. The second-order valence-corrected chi connectivity index (χ2v) is 7.39. The summed E-state index contributed by atoms with van der Waals surface area (Å²) < 4.78 is 5.65. The first-order chi connectivity index (χ1) is 11.8. The number of rotatable bonds is 4. The molecule has 1 saturated carbocycles. The smallest absolute Gasteiger partial charge is 0.225 e. The summed E-state index contributed by atoms with van der Waals surface area (Å²) >= 11 is 0. The van der Waals surface area contributed by atoms with E-state index in [1.807, 2.05) is 18.5 Å². The molecule has 0 N–H and O–H groups in total. The van der Waals surface area contributed by atoms with Gasteiger partial charge in [0.25, 0.3) is 0 Å². The Morgan fingerprint density at radius 1 is 1.25 bits per heavy atom. The maximum absolute atomic E-state index is 12.4. The van der Waals surface area contributed by atoms with Crippen LogP contribution in [0, 0.1) is 5.92 Å². The molecular weight excluding hydrogens is 302 g/mol. The van der Waals surface area contributed by atoms with Crippen LogP contribution in [0.25, 0.3) is 0 Å². The molecule has 0 spiro atoms. The first kappa shape index (κ1) is 16.0. The van der Waals surface area contributed by atoms with Crippen molar-refractivity contribution in [1.82, 2.24) is 14.8 Å². The average Bonchev–Trinajstić information content (AvgIpc) is 2.54. The highest BCUT2D eigenvalue weighted by molar-refractivity contribution is 5.79. The van der Waals surface area contributed by atoms with Crippen LogP contribution in [0.15, 0.2) is 24.5 Å². The minimum Gasteiger partial charge on any atom is -0.378 e. The van der Waals surface area contributed by atoms with Gasteiger partial charge < -0.3 is 9.64 Å². The van der Waals surface area contributed by atoms with Crippen LogP contribution >= 0.6 is 0 Å². The number of piperidine rings is 1. The Bertz CT molecular complexity index is 567. The molecular formula is C19H27N3O2. The van der Waals surface area contributed by atoms with Crippen LogP contribution in [0.4, 0.5) is 0 Å². The fourth-order valence-electron chi connectivity index (χ4n) is 4.36. The molecule has 2 unspecified atom stereocenters. The van der Waals surface area contributed by atoms with Gasteiger partial charge in [-0.15, -0.1) is 0 Å². The first-order valence-corrected chi connectivity index (χ1v) is 9.25. The Balaban J connectivity index is 1.37. The lowest BCUT2D eigenvalue weighted by Gasteiger charge is -2.53. The third-order valence-electron chi connectivity index (χ3n) is 6.13. The predicted octanol–water partition coefficient (Wildman–Crippen LogP) is 2.24. The molecule has 2 atom stereocenters. The fourth-order valence-corrected chi connectivity index (χ4v) is 4.36. The molecule has 1 aromatic heterocycles. The summed E-state index contributed by atoms with van der Waals surface area (Å²) in [6, 6.07) is 5.00. The van der Waals surface area contributed by atoms with Crippen molar-refractivity contribution in [2.45, 2.75) is 50.3 Å². The quantitative estimate of drug-likeness (QED) is 0.850. The molecule has 0 aromatic carbocycles. The maximum atomic E-state index is 12.4. The number of amides is 1. The molecule has 5 heteroatoms. The highest BCUT2D eigenvalue weighted by Gasteiger charge is 2.45. The van der Waals surface area contributed by atoms with Gasteiger partial charge in [0.15, 0.2) is 0 Å². The van der Waals surface area contributed by atoms with E-state index in [0.717, 1.165) is 45.3 Å². The molecule has 0 bridgehead atoms. The van der Waals surface area contributed by atoms with Crippen molar-refractivity contribution in [1.29, 1.82) is 0 Å². The number of aromatic nitrogens is 1. The second kappa shape index (κ2) is 6.81. The summed E-state index contributed by atoms with van der Waals surface area (Å²) in [5.41, 5.74) is 1.24. The Labute approximate surface area is 144 Å². The van der Waals surface area contributed by atoms with E-state index in [9.17, 15) is 4.79 Å². The van der Waals surface area contributed by atoms with Gasteiger partial charge in [0.2, 0.25) is 5.91 Å². The molecule has 3 heterocycles. The molecule has 1 amide bonds. The van der Waals surface area contributed by atoms with Gasteiger partial charge in [0.1, 0.15) is 0 Å². The monoisotopic (exact) mass is 329 g/mol. The van der Waals surface area contributed by atoms with Crippen molar-refractivity contribution in [3.05, 3.63) is 30.1 Å². The van der Waals surface area contributed by atoms with Crippen molar-refractivity contribution in [2.75, 3.05) is 26.7 Å². The lowest BCUT2D eigenvalue weighted by molar-refractivity contribution is -0.143. The predicted molar refractivity (Wildman–Crippen MR) is 91.4 cm³/mol. The number of carbonyl (C=O) groups is 1. The maximum Gasteiger partial charge on any atom is 0.225 e. The zero-order chi connectivity index (χ0) is 16.5. The highest BCUT2D eigenvalue weighted by Crippen LogP contribution is 2.39. The van der Waals surface area contributed by atoms with E-state index >= 15 is 0 Å². The number of hydrogen-bond donors (Lipinski definition) is 0. The molecule has 2 saturated heterocycles. The van der Waals surface area contributed by atoms with Gasteiger partial charge in [-0.3, -0.25) is 14.7 Å². The summed E-state index contributed by atoms with van der Waals surface area (Å²) in [5, 5.41) is 0. The molecule has 3 fully saturated rings. The van der Waals surface area contributed by atoms with E-state index in [4.69, 9.17) is 4.74 Å². The van der Waals surface area contributed by atoms with Gasteiger partial charge >= 0.3 is 0 Å². The lowest BCUT2D eigenvalue weighted by atomic mass is 9.83. The van der Waals surface area contributed by atoms with Crippen LogP contribution in [0.5, 0.6) is 0 Å². The van der Waals surface area contributed by atoms with Crippen LogP contribution in [-0.2, 0) is 9.53 Å². The van der Waals surface area contributed by atoms with E-state index in [0.29, 0.717) is 23.9 Å².